The van der Waals surface area contributed by atoms with Crippen LogP contribution in [0.25, 0.3) is 0 Å². The zero-order valence-corrected chi connectivity index (χ0v) is 12.3. The van der Waals surface area contributed by atoms with Crippen molar-refractivity contribution in [2.45, 2.75) is 32.2 Å². The molecule has 100 valence electrons. The summed E-state index contributed by atoms with van der Waals surface area (Å²) in [7, 11) is 0. The molecule has 4 nitrogen and oxygen atoms in total. The molecule has 1 aromatic carbocycles. The highest BCUT2D eigenvalue weighted by Gasteiger charge is 2.27. The summed E-state index contributed by atoms with van der Waals surface area (Å²) in [6, 6.07) is 5.05. The molecule has 4 N–H and O–H groups in total. The molecule has 0 bridgehead atoms. The molecule has 0 saturated carbocycles. The molecule has 1 amide bonds. The molecule has 5 heteroatoms. The first-order valence-electron chi connectivity index (χ1n) is 5.96. The summed E-state index contributed by atoms with van der Waals surface area (Å²) in [4.78, 5) is 12.1. The lowest BCUT2D eigenvalue weighted by molar-refractivity contribution is 0.0818. The molecule has 0 heterocycles. The SMILES string of the molecule is CCC(CC)(CO)NC(=O)c1ccc(Br)c(N)c1. The molecule has 0 fully saturated rings. The Hall–Kier alpha value is -1.07. The van der Waals surface area contributed by atoms with Gasteiger partial charge in [0.1, 0.15) is 0 Å². The van der Waals surface area contributed by atoms with Gasteiger partial charge in [0.2, 0.25) is 0 Å². The third-order valence-corrected chi connectivity index (χ3v) is 4.02. The number of nitrogen functional groups attached to an aromatic ring is 1. The first-order chi connectivity index (χ1) is 8.48. The summed E-state index contributed by atoms with van der Waals surface area (Å²) in [5.74, 6) is -0.216. The molecule has 1 rings (SSSR count). The molecule has 0 spiro atoms. The van der Waals surface area contributed by atoms with Crippen molar-refractivity contribution in [2.24, 2.45) is 0 Å². The van der Waals surface area contributed by atoms with Gasteiger partial charge in [0.05, 0.1) is 12.1 Å². The van der Waals surface area contributed by atoms with E-state index in [4.69, 9.17) is 5.73 Å². The van der Waals surface area contributed by atoms with Crippen LogP contribution in [0, 0.1) is 0 Å². The number of rotatable bonds is 5. The number of aliphatic hydroxyl groups is 1. The van der Waals surface area contributed by atoms with Gasteiger partial charge in [-0.15, -0.1) is 0 Å². The number of benzene rings is 1. The third kappa shape index (κ3) is 3.23. The highest BCUT2D eigenvalue weighted by molar-refractivity contribution is 9.10. The zero-order valence-electron chi connectivity index (χ0n) is 10.7. The van der Waals surface area contributed by atoms with Crippen molar-refractivity contribution in [1.29, 1.82) is 0 Å². The number of aliphatic hydroxyl groups excluding tert-OH is 1. The van der Waals surface area contributed by atoms with Gasteiger partial charge in [-0.3, -0.25) is 4.79 Å². The molecule has 0 aliphatic carbocycles. The molecule has 0 saturated heterocycles. The Bertz CT molecular complexity index is 423. The highest BCUT2D eigenvalue weighted by Crippen LogP contribution is 2.21. The minimum Gasteiger partial charge on any atom is -0.398 e. The lowest BCUT2D eigenvalue weighted by Gasteiger charge is -2.30. The minimum absolute atomic E-state index is 0.0717. The van der Waals surface area contributed by atoms with E-state index in [-0.39, 0.29) is 12.5 Å². The van der Waals surface area contributed by atoms with Gasteiger partial charge >= 0.3 is 0 Å². The molecule has 0 aromatic heterocycles. The molecular weight excluding hydrogens is 296 g/mol. The van der Waals surface area contributed by atoms with Crippen molar-refractivity contribution in [3.05, 3.63) is 28.2 Å². The number of nitrogens with one attached hydrogen (secondary N) is 1. The number of halogens is 1. The van der Waals surface area contributed by atoms with Crippen molar-refractivity contribution >= 4 is 27.5 Å². The second-order valence-electron chi connectivity index (χ2n) is 4.34. The van der Waals surface area contributed by atoms with Gasteiger partial charge in [-0.2, -0.15) is 0 Å². The Balaban J connectivity index is 2.90. The summed E-state index contributed by atoms with van der Waals surface area (Å²) >= 11 is 3.28. The van der Waals surface area contributed by atoms with Gasteiger partial charge in [0.15, 0.2) is 0 Å². The number of carbonyl (C=O) groups is 1. The van der Waals surface area contributed by atoms with Gasteiger partial charge < -0.3 is 16.2 Å². The maximum atomic E-state index is 12.1. The van der Waals surface area contributed by atoms with Crippen LogP contribution in [0.3, 0.4) is 0 Å². The lowest BCUT2D eigenvalue weighted by Crippen LogP contribution is -2.50. The average Bonchev–Trinajstić information content (AvgIpc) is 2.39. The third-order valence-electron chi connectivity index (χ3n) is 3.29. The van der Waals surface area contributed by atoms with E-state index in [1.165, 1.54) is 0 Å². The standard InChI is InChI=1S/C13H19BrN2O2/c1-3-13(4-2,8-17)16-12(18)9-5-6-10(14)11(15)7-9/h5-7,17H,3-4,8,15H2,1-2H3,(H,16,18). The smallest absolute Gasteiger partial charge is 0.251 e. The highest BCUT2D eigenvalue weighted by atomic mass is 79.9. The van der Waals surface area contributed by atoms with Crippen LogP contribution in [-0.2, 0) is 0 Å². The van der Waals surface area contributed by atoms with E-state index in [1.807, 2.05) is 13.8 Å². The number of anilines is 1. The fourth-order valence-electron chi connectivity index (χ4n) is 1.69. The molecule has 0 aliphatic heterocycles. The van der Waals surface area contributed by atoms with Crippen LogP contribution >= 0.6 is 15.9 Å². The lowest BCUT2D eigenvalue weighted by atomic mass is 9.93. The van der Waals surface area contributed by atoms with E-state index in [0.717, 1.165) is 4.47 Å². The van der Waals surface area contributed by atoms with E-state index in [0.29, 0.717) is 24.1 Å². The average molecular weight is 315 g/mol. The first kappa shape index (κ1) is 15.0. The summed E-state index contributed by atoms with van der Waals surface area (Å²) in [6.45, 7) is 3.81. The molecule has 18 heavy (non-hydrogen) atoms. The Morgan fingerprint density at radius 3 is 2.50 bits per heavy atom. The van der Waals surface area contributed by atoms with Gasteiger partial charge in [0, 0.05) is 15.7 Å². The van der Waals surface area contributed by atoms with Crippen molar-refractivity contribution in [3.8, 4) is 0 Å². The summed E-state index contributed by atoms with van der Waals surface area (Å²) in [5, 5.41) is 12.3. The van der Waals surface area contributed by atoms with Crippen LogP contribution in [0.1, 0.15) is 37.0 Å². The van der Waals surface area contributed by atoms with Crippen LogP contribution in [0.15, 0.2) is 22.7 Å². The predicted molar refractivity (Wildman–Crippen MR) is 76.4 cm³/mol. The predicted octanol–water partition coefficient (Wildman–Crippen LogP) is 2.31. The van der Waals surface area contributed by atoms with Crippen molar-refractivity contribution in [3.63, 3.8) is 0 Å². The fraction of sp³-hybridized carbons (Fsp3) is 0.462. The van der Waals surface area contributed by atoms with Crippen molar-refractivity contribution < 1.29 is 9.90 Å². The number of hydrogen-bond donors (Lipinski definition) is 3. The first-order valence-corrected chi connectivity index (χ1v) is 6.75. The van der Waals surface area contributed by atoms with E-state index in [1.54, 1.807) is 18.2 Å². The fourth-order valence-corrected chi connectivity index (χ4v) is 1.93. The second kappa shape index (κ2) is 6.20. The maximum absolute atomic E-state index is 12.1. The van der Waals surface area contributed by atoms with E-state index in [2.05, 4.69) is 21.2 Å². The molecule has 0 unspecified atom stereocenters. The van der Waals surface area contributed by atoms with Crippen LogP contribution in [0.5, 0.6) is 0 Å². The quantitative estimate of drug-likeness (QED) is 0.730. The molecule has 1 aromatic rings. The number of amides is 1. The van der Waals surface area contributed by atoms with Gasteiger partial charge in [-0.05, 0) is 47.0 Å². The van der Waals surface area contributed by atoms with Crippen molar-refractivity contribution in [1.82, 2.24) is 5.32 Å². The van der Waals surface area contributed by atoms with E-state index < -0.39 is 5.54 Å². The molecular formula is C13H19BrN2O2. The van der Waals surface area contributed by atoms with Gasteiger partial charge in [-0.25, -0.2) is 0 Å². The van der Waals surface area contributed by atoms with Crippen LogP contribution in [-0.4, -0.2) is 23.2 Å². The van der Waals surface area contributed by atoms with Crippen molar-refractivity contribution in [2.75, 3.05) is 12.3 Å². The summed E-state index contributed by atoms with van der Waals surface area (Å²) < 4.78 is 0.762. The molecule has 0 atom stereocenters. The van der Waals surface area contributed by atoms with Crippen LogP contribution < -0.4 is 11.1 Å². The Kier molecular flexibility index (Phi) is 5.16. The Morgan fingerprint density at radius 1 is 1.44 bits per heavy atom. The number of carbonyl (C=O) groups excluding carboxylic acids is 1. The molecule has 0 aliphatic rings. The summed E-state index contributed by atoms with van der Waals surface area (Å²) in [5.41, 5.74) is 6.20. The topological polar surface area (TPSA) is 75.3 Å². The van der Waals surface area contributed by atoms with Gasteiger partial charge in [-0.1, -0.05) is 13.8 Å². The van der Waals surface area contributed by atoms with Crippen LogP contribution in [0.4, 0.5) is 5.69 Å². The molecule has 0 radical (unpaired) electrons. The summed E-state index contributed by atoms with van der Waals surface area (Å²) in [6.07, 6.45) is 1.36. The normalized spacial score (nSPS) is 11.3. The Labute approximate surface area is 116 Å². The minimum atomic E-state index is -0.557. The number of hydrogen-bond acceptors (Lipinski definition) is 3. The monoisotopic (exact) mass is 314 g/mol. The van der Waals surface area contributed by atoms with E-state index in [9.17, 15) is 9.90 Å². The van der Waals surface area contributed by atoms with Crippen LogP contribution in [0.2, 0.25) is 0 Å². The largest absolute Gasteiger partial charge is 0.398 e. The van der Waals surface area contributed by atoms with E-state index >= 15 is 0 Å². The van der Waals surface area contributed by atoms with Gasteiger partial charge in [0.25, 0.3) is 5.91 Å². The maximum Gasteiger partial charge on any atom is 0.251 e. The number of nitrogens with two attached hydrogens (primary N) is 1. The Morgan fingerprint density at radius 2 is 2.06 bits per heavy atom. The zero-order chi connectivity index (χ0) is 13.8. The second-order valence-corrected chi connectivity index (χ2v) is 5.19.